The van der Waals surface area contributed by atoms with Gasteiger partial charge in [0.05, 0.1) is 5.16 Å². The number of ether oxygens (including phenoxy) is 2. The summed E-state index contributed by atoms with van der Waals surface area (Å²) < 4.78 is 28.8. The molecule has 0 heterocycles. The van der Waals surface area contributed by atoms with E-state index >= 15 is 0 Å². The lowest BCUT2D eigenvalue weighted by Gasteiger charge is -2.33. The van der Waals surface area contributed by atoms with Crippen LogP contribution in [0.2, 0.25) is 0 Å². The zero-order valence-corrected chi connectivity index (χ0v) is 15.3. The monoisotopic (exact) mass is 343 g/mol. The number of carbonyl (C=O) groups is 1. The summed E-state index contributed by atoms with van der Waals surface area (Å²) in [7, 11) is -1.81. The second-order valence-corrected chi connectivity index (χ2v) is 9.16. The first-order valence-electron chi connectivity index (χ1n) is 7.45. The SMILES string of the molecule is COCC(=O)OC[C@H](C)NP(=O)(Oc1ccccc1)C(C)(C)C. The molecule has 1 unspecified atom stereocenters. The third-order valence-electron chi connectivity index (χ3n) is 3.01. The third-order valence-corrected chi connectivity index (χ3v) is 6.02. The second-order valence-electron chi connectivity index (χ2n) is 6.27. The highest BCUT2D eigenvalue weighted by atomic mass is 31.2. The summed E-state index contributed by atoms with van der Waals surface area (Å²) in [6.45, 7) is 7.28. The quantitative estimate of drug-likeness (QED) is 0.577. The van der Waals surface area contributed by atoms with E-state index in [9.17, 15) is 9.36 Å². The summed E-state index contributed by atoms with van der Waals surface area (Å²) >= 11 is 0. The maximum Gasteiger partial charge on any atom is 0.332 e. The summed E-state index contributed by atoms with van der Waals surface area (Å²) in [5.74, 6) is 0.0672. The molecule has 0 bridgehead atoms. The van der Waals surface area contributed by atoms with Gasteiger partial charge in [-0.2, -0.15) is 0 Å². The van der Waals surface area contributed by atoms with Crippen molar-refractivity contribution in [2.45, 2.75) is 38.9 Å². The molecule has 0 saturated carbocycles. The highest BCUT2D eigenvalue weighted by Crippen LogP contribution is 2.55. The second kappa shape index (κ2) is 8.48. The van der Waals surface area contributed by atoms with Gasteiger partial charge in [-0.15, -0.1) is 0 Å². The number of benzene rings is 1. The maximum absolute atomic E-state index is 13.3. The number of nitrogens with one attached hydrogen (secondary N) is 1. The number of para-hydroxylation sites is 1. The Morgan fingerprint density at radius 1 is 1.26 bits per heavy atom. The number of hydrogen-bond donors (Lipinski definition) is 1. The number of carbonyl (C=O) groups excluding carboxylic acids is 1. The van der Waals surface area contributed by atoms with Crippen molar-refractivity contribution in [3.8, 4) is 5.75 Å². The van der Waals surface area contributed by atoms with Crippen molar-refractivity contribution in [1.82, 2.24) is 5.09 Å². The van der Waals surface area contributed by atoms with Crippen LogP contribution in [0.3, 0.4) is 0 Å². The average molecular weight is 343 g/mol. The molecule has 2 atom stereocenters. The van der Waals surface area contributed by atoms with Gasteiger partial charge in [0, 0.05) is 13.2 Å². The Balaban J connectivity index is 2.75. The fourth-order valence-electron chi connectivity index (χ4n) is 1.69. The molecule has 6 nitrogen and oxygen atoms in total. The van der Waals surface area contributed by atoms with E-state index in [4.69, 9.17) is 14.0 Å². The molecule has 0 amide bonds. The zero-order chi connectivity index (χ0) is 17.5. The van der Waals surface area contributed by atoms with E-state index in [0.29, 0.717) is 5.75 Å². The minimum Gasteiger partial charge on any atom is -0.462 e. The van der Waals surface area contributed by atoms with E-state index in [-0.39, 0.29) is 19.3 Å². The van der Waals surface area contributed by atoms with E-state index in [1.165, 1.54) is 7.11 Å². The molecule has 0 saturated heterocycles. The molecular formula is C16H26NO5P. The normalized spacial score (nSPS) is 15.5. The van der Waals surface area contributed by atoms with Crippen LogP contribution >= 0.6 is 7.52 Å². The molecule has 0 spiro atoms. The predicted molar refractivity (Wildman–Crippen MR) is 89.9 cm³/mol. The lowest BCUT2D eigenvalue weighted by molar-refractivity contribution is -0.148. The number of rotatable bonds is 8. The van der Waals surface area contributed by atoms with Crippen LogP contribution in [0, 0.1) is 0 Å². The molecule has 0 aliphatic rings. The van der Waals surface area contributed by atoms with Crippen molar-refractivity contribution in [1.29, 1.82) is 0 Å². The minimum absolute atomic E-state index is 0.0837. The van der Waals surface area contributed by atoms with Crippen LogP contribution < -0.4 is 9.61 Å². The number of methoxy groups -OCH3 is 1. The van der Waals surface area contributed by atoms with Crippen molar-refractivity contribution in [3.05, 3.63) is 30.3 Å². The summed E-state index contributed by atoms with van der Waals surface area (Å²) in [6, 6.07) is 8.67. The number of hydrogen-bond acceptors (Lipinski definition) is 5. The van der Waals surface area contributed by atoms with E-state index in [2.05, 4.69) is 5.09 Å². The zero-order valence-electron chi connectivity index (χ0n) is 14.4. The molecule has 7 heteroatoms. The van der Waals surface area contributed by atoms with Gasteiger partial charge in [0.25, 0.3) is 0 Å². The first kappa shape index (κ1) is 19.7. The highest BCUT2D eigenvalue weighted by Gasteiger charge is 2.40. The maximum atomic E-state index is 13.3. The van der Waals surface area contributed by atoms with Gasteiger partial charge in [-0.25, -0.2) is 9.88 Å². The fraction of sp³-hybridized carbons (Fsp3) is 0.562. The topological polar surface area (TPSA) is 73.9 Å². The molecule has 1 aromatic carbocycles. The molecule has 0 aliphatic heterocycles. The highest BCUT2D eigenvalue weighted by molar-refractivity contribution is 7.58. The lowest BCUT2D eigenvalue weighted by Crippen LogP contribution is -2.37. The van der Waals surface area contributed by atoms with Gasteiger partial charge < -0.3 is 14.0 Å². The molecule has 23 heavy (non-hydrogen) atoms. The first-order valence-corrected chi connectivity index (χ1v) is 9.07. The molecular weight excluding hydrogens is 317 g/mol. The van der Waals surface area contributed by atoms with Gasteiger partial charge >= 0.3 is 13.5 Å². The van der Waals surface area contributed by atoms with Crippen molar-refractivity contribution >= 4 is 13.5 Å². The smallest absolute Gasteiger partial charge is 0.332 e. The van der Waals surface area contributed by atoms with Crippen LogP contribution in [-0.2, 0) is 18.8 Å². The molecule has 1 N–H and O–H groups in total. The Kier molecular flexibility index (Phi) is 7.26. The van der Waals surface area contributed by atoms with E-state index in [1.807, 2.05) is 39.0 Å². The lowest BCUT2D eigenvalue weighted by atomic mass is 10.3. The molecule has 1 aromatic rings. The summed E-state index contributed by atoms with van der Waals surface area (Å²) in [5, 5.41) is 2.38. The first-order chi connectivity index (χ1) is 10.7. The standard InChI is InChI=1S/C16H26NO5P/c1-13(11-21-15(18)12-20-5)17-23(19,16(2,3)4)22-14-9-7-6-8-10-14/h6-10,13H,11-12H2,1-5H3,(H,17,19)/t13-,23?/m0/s1. The van der Waals surface area contributed by atoms with Crippen molar-refractivity contribution in [2.75, 3.05) is 20.3 Å². The van der Waals surface area contributed by atoms with Crippen molar-refractivity contribution in [2.24, 2.45) is 0 Å². The van der Waals surface area contributed by atoms with E-state index < -0.39 is 18.6 Å². The molecule has 0 radical (unpaired) electrons. The number of esters is 1. The van der Waals surface area contributed by atoms with Gasteiger partial charge in [0.15, 0.2) is 0 Å². The van der Waals surface area contributed by atoms with Gasteiger partial charge in [-0.05, 0) is 39.8 Å². The Morgan fingerprint density at radius 2 is 1.87 bits per heavy atom. The van der Waals surface area contributed by atoms with Gasteiger partial charge in [-0.1, -0.05) is 18.2 Å². The molecule has 1 rings (SSSR count). The largest absolute Gasteiger partial charge is 0.462 e. The van der Waals surface area contributed by atoms with Crippen LogP contribution in [0.15, 0.2) is 30.3 Å². The Bertz CT molecular complexity index is 541. The van der Waals surface area contributed by atoms with Crippen molar-refractivity contribution < 1.29 is 23.4 Å². The third kappa shape index (κ3) is 6.34. The predicted octanol–water partition coefficient (Wildman–Crippen LogP) is 3.22. The van der Waals surface area contributed by atoms with Gasteiger partial charge in [0.1, 0.15) is 19.0 Å². The molecule has 130 valence electrons. The summed E-state index contributed by atoms with van der Waals surface area (Å²) in [6.07, 6.45) is 0. The molecule has 0 fully saturated rings. The minimum atomic E-state index is -3.23. The Hall–Kier alpha value is -1.36. The Morgan fingerprint density at radius 3 is 2.39 bits per heavy atom. The van der Waals surface area contributed by atoms with E-state index in [0.717, 1.165) is 0 Å². The summed E-state index contributed by atoms with van der Waals surface area (Å²) in [4.78, 5) is 11.3. The summed E-state index contributed by atoms with van der Waals surface area (Å²) in [5.41, 5.74) is 0. The molecule has 0 aliphatic carbocycles. The van der Waals surface area contributed by atoms with Crippen LogP contribution in [0.25, 0.3) is 0 Å². The van der Waals surface area contributed by atoms with E-state index in [1.54, 1.807) is 19.1 Å². The van der Waals surface area contributed by atoms with Gasteiger partial charge in [0.2, 0.25) is 0 Å². The van der Waals surface area contributed by atoms with Crippen LogP contribution in [-0.4, -0.2) is 37.5 Å². The fourth-order valence-corrected chi connectivity index (χ4v) is 3.48. The molecule has 0 aromatic heterocycles. The van der Waals surface area contributed by atoms with Crippen LogP contribution in [0.4, 0.5) is 0 Å². The van der Waals surface area contributed by atoms with Crippen LogP contribution in [0.5, 0.6) is 5.75 Å². The van der Waals surface area contributed by atoms with Crippen LogP contribution in [0.1, 0.15) is 27.7 Å². The van der Waals surface area contributed by atoms with Crippen molar-refractivity contribution in [3.63, 3.8) is 0 Å². The average Bonchev–Trinajstić information content (AvgIpc) is 2.45. The van der Waals surface area contributed by atoms with Gasteiger partial charge in [-0.3, -0.25) is 4.57 Å². The Labute approximate surface area is 138 Å².